The molecule has 0 atom stereocenters. The Kier molecular flexibility index (Phi) is 4.90. The minimum absolute atomic E-state index is 0.150. The van der Waals surface area contributed by atoms with Gasteiger partial charge in [0.25, 0.3) is 5.91 Å². The molecule has 0 radical (unpaired) electrons. The summed E-state index contributed by atoms with van der Waals surface area (Å²) in [6, 6.07) is 5.16. The van der Waals surface area contributed by atoms with Gasteiger partial charge in [0.1, 0.15) is 30.5 Å². The first-order valence-corrected chi connectivity index (χ1v) is 7.77. The van der Waals surface area contributed by atoms with Crippen molar-refractivity contribution in [1.82, 2.24) is 24.7 Å². The molecule has 3 rings (SSSR count). The number of nitrogens with one attached hydrogen (secondary N) is 1. The fourth-order valence-electron chi connectivity index (χ4n) is 2.18. The second-order valence-corrected chi connectivity index (χ2v) is 5.69. The van der Waals surface area contributed by atoms with Crippen LogP contribution in [0.1, 0.15) is 11.1 Å². The number of aryl methyl sites for hydroxylation is 2. The molecule has 9 heteroatoms. The molecule has 0 aliphatic carbocycles. The molecule has 1 aromatic carbocycles. The van der Waals surface area contributed by atoms with Gasteiger partial charge < -0.3 is 10.1 Å². The number of ether oxygens (including phenoxy) is 1. The van der Waals surface area contributed by atoms with Gasteiger partial charge >= 0.3 is 0 Å². The monoisotopic (exact) mass is 358 g/mol. The number of aromatic nitrogens is 5. The van der Waals surface area contributed by atoms with Crippen LogP contribution in [0.5, 0.6) is 5.75 Å². The van der Waals surface area contributed by atoms with Crippen LogP contribution in [0.3, 0.4) is 0 Å². The van der Waals surface area contributed by atoms with Crippen molar-refractivity contribution in [3.05, 3.63) is 53.3 Å². The number of anilines is 1. The number of carbonyl (C=O) groups is 1. The number of amides is 1. The van der Waals surface area contributed by atoms with Gasteiger partial charge in [-0.3, -0.25) is 4.79 Å². The molecule has 0 bridgehead atoms. The molecule has 0 spiro atoms. The minimum atomic E-state index is -0.339. The van der Waals surface area contributed by atoms with Crippen LogP contribution < -0.4 is 10.1 Å². The molecule has 25 heavy (non-hydrogen) atoms. The third kappa shape index (κ3) is 4.10. The highest BCUT2D eigenvalue weighted by Gasteiger charge is 2.09. The van der Waals surface area contributed by atoms with Gasteiger partial charge in [-0.05, 0) is 37.1 Å². The lowest BCUT2D eigenvalue weighted by atomic mass is 10.1. The van der Waals surface area contributed by atoms with Crippen LogP contribution in [0, 0.1) is 13.8 Å². The average Bonchev–Trinajstić information content (AvgIpc) is 3.12. The molecule has 128 valence electrons. The Morgan fingerprint density at radius 1 is 1.20 bits per heavy atom. The van der Waals surface area contributed by atoms with Crippen molar-refractivity contribution in [2.24, 2.45) is 0 Å². The zero-order valence-corrected chi connectivity index (χ0v) is 14.4. The number of hydrogen-bond donors (Lipinski definition) is 1. The quantitative estimate of drug-likeness (QED) is 0.752. The van der Waals surface area contributed by atoms with E-state index >= 15 is 0 Å². The van der Waals surface area contributed by atoms with E-state index in [0.717, 1.165) is 11.1 Å². The lowest BCUT2D eigenvalue weighted by Crippen LogP contribution is -2.21. The summed E-state index contributed by atoms with van der Waals surface area (Å²) in [4.78, 5) is 24.0. The molecule has 0 saturated heterocycles. The van der Waals surface area contributed by atoms with Crippen molar-refractivity contribution < 1.29 is 9.53 Å². The van der Waals surface area contributed by atoms with Crippen molar-refractivity contribution in [2.75, 3.05) is 11.9 Å². The Morgan fingerprint density at radius 2 is 1.96 bits per heavy atom. The molecule has 8 nitrogen and oxygen atoms in total. The summed E-state index contributed by atoms with van der Waals surface area (Å²) in [7, 11) is 0. The van der Waals surface area contributed by atoms with Crippen molar-refractivity contribution in [3.8, 4) is 11.6 Å². The third-order valence-electron chi connectivity index (χ3n) is 3.35. The van der Waals surface area contributed by atoms with Gasteiger partial charge in [0.2, 0.25) is 0 Å². The first kappa shape index (κ1) is 16.8. The fraction of sp³-hybridized carbons (Fsp3) is 0.188. The van der Waals surface area contributed by atoms with Crippen molar-refractivity contribution in [1.29, 1.82) is 0 Å². The zero-order valence-electron chi connectivity index (χ0n) is 13.6. The molecule has 0 aliphatic heterocycles. The van der Waals surface area contributed by atoms with E-state index < -0.39 is 0 Å². The molecule has 1 N–H and O–H groups in total. The van der Waals surface area contributed by atoms with Crippen LogP contribution in [0.4, 0.5) is 5.82 Å². The minimum Gasteiger partial charge on any atom is -0.484 e. The predicted octanol–water partition coefficient (Wildman–Crippen LogP) is 2.35. The predicted molar refractivity (Wildman–Crippen MR) is 92.0 cm³/mol. The summed E-state index contributed by atoms with van der Waals surface area (Å²) >= 11 is 6.12. The molecule has 0 unspecified atom stereocenters. The van der Waals surface area contributed by atoms with Gasteiger partial charge in [0, 0.05) is 11.1 Å². The number of nitrogens with zero attached hydrogens (tertiary/aromatic N) is 5. The van der Waals surface area contributed by atoms with E-state index in [9.17, 15) is 4.79 Å². The molecule has 2 heterocycles. The second kappa shape index (κ2) is 7.27. The Hall–Kier alpha value is -3.00. The summed E-state index contributed by atoms with van der Waals surface area (Å²) in [5.74, 6) is 1.08. The van der Waals surface area contributed by atoms with E-state index in [2.05, 4.69) is 25.4 Å². The first-order valence-electron chi connectivity index (χ1n) is 7.39. The number of hydrogen-bond acceptors (Lipinski definition) is 6. The van der Waals surface area contributed by atoms with Gasteiger partial charge in [-0.2, -0.15) is 5.10 Å². The summed E-state index contributed by atoms with van der Waals surface area (Å²) in [6.07, 6.45) is 4.23. The summed E-state index contributed by atoms with van der Waals surface area (Å²) in [5.41, 5.74) is 1.79. The number of rotatable bonds is 5. The van der Waals surface area contributed by atoms with Gasteiger partial charge in [-0.25, -0.2) is 19.6 Å². The maximum absolute atomic E-state index is 12.1. The molecule has 0 fully saturated rings. The van der Waals surface area contributed by atoms with Crippen molar-refractivity contribution in [2.45, 2.75) is 13.8 Å². The molecular formula is C16H15ClN6O2. The Bertz CT molecular complexity index is 874. The van der Waals surface area contributed by atoms with Gasteiger partial charge in [-0.1, -0.05) is 11.6 Å². The molecular weight excluding hydrogens is 344 g/mol. The number of carbonyl (C=O) groups excluding carboxylic acids is 1. The summed E-state index contributed by atoms with van der Waals surface area (Å²) < 4.78 is 6.98. The maximum Gasteiger partial charge on any atom is 0.263 e. The maximum atomic E-state index is 12.1. The topological polar surface area (TPSA) is 94.8 Å². The molecule has 0 saturated carbocycles. The van der Waals surface area contributed by atoms with Crippen LogP contribution in [-0.2, 0) is 4.79 Å². The average molecular weight is 359 g/mol. The van der Waals surface area contributed by atoms with Gasteiger partial charge in [0.15, 0.2) is 12.4 Å². The zero-order chi connectivity index (χ0) is 17.8. The van der Waals surface area contributed by atoms with Crippen LogP contribution in [0.2, 0.25) is 5.02 Å². The van der Waals surface area contributed by atoms with Crippen LogP contribution in [-0.4, -0.2) is 37.2 Å². The highest BCUT2D eigenvalue weighted by atomic mass is 35.5. The molecule has 1 amide bonds. The van der Waals surface area contributed by atoms with E-state index in [0.29, 0.717) is 22.4 Å². The van der Waals surface area contributed by atoms with Crippen molar-refractivity contribution in [3.63, 3.8) is 0 Å². The summed E-state index contributed by atoms with van der Waals surface area (Å²) in [6.45, 7) is 3.62. The molecule has 0 aliphatic rings. The van der Waals surface area contributed by atoms with E-state index in [4.69, 9.17) is 16.3 Å². The number of halogens is 1. The Morgan fingerprint density at radius 3 is 2.64 bits per heavy atom. The van der Waals surface area contributed by atoms with Gasteiger partial charge in [-0.15, -0.1) is 0 Å². The first-order chi connectivity index (χ1) is 12.0. The normalized spacial score (nSPS) is 10.5. The Balaban J connectivity index is 1.62. The highest BCUT2D eigenvalue weighted by molar-refractivity contribution is 6.32. The largest absolute Gasteiger partial charge is 0.484 e. The SMILES string of the molecule is Cc1cc(OCC(=O)Nc2cc(-n3cncn3)ncn2)cc(C)c1Cl. The van der Waals surface area contributed by atoms with Gasteiger partial charge in [0.05, 0.1) is 0 Å². The Labute approximate surface area is 148 Å². The molecule has 3 aromatic rings. The van der Waals surface area contributed by atoms with E-state index in [1.54, 1.807) is 18.2 Å². The lowest BCUT2D eigenvalue weighted by Gasteiger charge is -2.10. The molecule has 2 aromatic heterocycles. The smallest absolute Gasteiger partial charge is 0.263 e. The van der Waals surface area contributed by atoms with Crippen LogP contribution in [0.15, 0.2) is 37.2 Å². The third-order valence-corrected chi connectivity index (χ3v) is 3.95. The second-order valence-electron chi connectivity index (χ2n) is 5.31. The van der Waals surface area contributed by atoms with E-state index in [-0.39, 0.29) is 12.5 Å². The van der Waals surface area contributed by atoms with Crippen LogP contribution in [0.25, 0.3) is 5.82 Å². The standard InChI is InChI=1S/C16H15ClN6O2/c1-10-3-12(4-11(2)16(10)17)25-6-15(24)22-13-5-14(20-8-19-13)23-9-18-7-21-23/h3-5,7-9H,6H2,1-2H3,(H,19,20,22,24). The van der Waals surface area contributed by atoms with Crippen molar-refractivity contribution >= 4 is 23.3 Å². The lowest BCUT2D eigenvalue weighted by molar-refractivity contribution is -0.118. The van der Waals surface area contributed by atoms with E-state index in [1.807, 2.05) is 13.8 Å². The fourth-order valence-corrected chi connectivity index (χ4v) is 2.29. The number of benzene rings is 1. The highest BCUT2D eigenvalue weighted by Crippen LogP contribution is 2.25. The van der Waals surface area contributed by atoms with E-state index in [1.165, 1.54) is 23.7 Å². The summed E-state index contributed by atoms with van der Waals surface area (Å²) in [5, 5.41) is 7.32. The van der Waals surface area contributed by atoms with Crippen LogP contribution >= 0.6 is 11.6 Å².